The molecule has 0 aliphatic heterocycles. The maximum atomic E-state index is 12.5. The normalized spacial score (nSPS) is 13.0. The van der Waals surface area contributed by atoms with Crippen LogP contribution in [-0.4, -0.2) is 6.36 Å². The Kier molecular flexibility index (Phi) is 4.95. The summed E-state index contributed by atoms with van der Waals surface area (Å²) in [6.45, 7) is 0. The van der Waals surface area contributed by atoms with Crippen LogP contribution >= 0.6 is 31.9 Å². The number of halogens is 5. The molecule has 0 aromatic heterocycles. The fourth-order valence-electron chi connectivity index (χ4n) is 1.88. The third-order valence-corrected chi connectivity index (χ3v) is 3.99. The van der Waals surface area contributed by atoms with Crippen LogP contribution < -0.4 is 10.5 Å². The third-order valence-electron chi connectivity index (χ3n) is 2.77. The van der Waals surface area contributed by atoms with Crippen LogP contribution in [0.5, 0.6) is 5.75 Å². The van der Waals surface area contributed by atoms with E-state index in [9.17, 15) is 13.2 Å². The molecule has 0 saturated heterocycles. The lowest BCUT2D eigenvalue weighted by Crippen LogP contribution is -2.20. The topological polar surface area (TPSA) is 35.2 Å². The molecule has 1 unspecified atom stereocenters. The molecule has 7 heteroatoms. The zero-order valence-corrected chi connectivity index (χ0v) is 13.7. The Morgan fingerprint density at radius 3 is 2.33 bits per heavy atom. The molecule has 0 aliphatic rings. The van der Waals surface area contributed by atoms with Gasteiger partial charge in [0.05, 0.1) is 6.04 Å². The van der Waals surface area contributed by atoms with Gasteiger partial charge >= 0.3 is 6.36 Å². The van der Waals surface area contributed by atoms with Gasteiger partial charge in [-0.2, -0.15) is 0 Å². The van der Waals surface area contributed by atoms with E-state index >= 15 is 0 Å². The van der Waals surface area contributed by atoms with Gasteiger partial charge in [-0.25, -0.2) is 0 Å². The third kappa shape index (κ3) is 4.21. The van der Waals surface area contributed by atoms with E-state index in [1.54, 1.807) is 24.3 Å². The Hall–Kier alpha value is -1.05. The summed E-state index contributed by atoms with van der Waals surface area (Å²) in [5.41, 5.74) is 7.02. The highest BCUT2D eigenvalue weighted by molar-refractivity contribution is 9.11. The molecular formula is C14H10Br2F3NO. The molecule has 2 nitrogen and oxygen atoms in total. The van der Waals surface area contributed by atoms with Crippen LogP contribution in [0.25, 0.3) is 0 Å². The molecule has 2 aromatic carbocycles. The van der Waals surface area contributed by atoms with Crippen molar-refractivity contribution in [3.8, 4) is 5.75 Å². The van der Waals surface area contributed by atoms with E-state index in [0.717, 1.165) is 4.47 Å². The van der Waals surface area contributed by atoms with Crippen molar-refractivity contribution in [2.75, 3.05) is 0 Å². The summed E-state index contributed by atoms with van der Waals surface area (Å²) >= 11 is 6.67. The minimum Gasteiger partial charge on any atom is -0.405 e. The van der Waals surface area contributed by atoms with Gasteiger partial charge in [0.2, 0.25) is 0 Å². The minimum absolute atomic E-state index is 0.258. The van der Waals surface area contributed by atoms with Crippen molar-refractivity contribution in [1.29, 1.82) is 0 Å². The largest absolute Gasteiger partial charge is 0.573 e. The van der Waals surface area contributed by atoms with E-state index in [0.29, 0.717) is 10.0 Å². The van der Waals surface area contributed by atoms with Gasteiger partial charge in [-0.05, 0) is 29.8 Å². The number of hydrogen-bond donors (Lipinski definition) is 1. The van der Waals surface area contributed by atoms with Gasteiger partial charge in [-0.1, -0.05) is 50.1 Å². The van der Waals surface area contributed by atoms with Crippen LogP contribution in [0.15, 0.2) is 51.4 Å². The van der Waals surface area contributed by atoms with Crippen LogP contribution in [0, 0.1) is 0 Å². The summed E-state index contributed by atoms with van der Waals surface area (Å²) < 4.78 is 42.9. The molecule has 0 heterocycles. The van der Waals surface area contributed by atoms with E-state index in [2.05, 4.69) is 36.6 Å². The first-order valence-corrected chi connectivity index (χ1v) is 7.42. The van der Waals surface area contributed by atoms with E-state index in [-0.39, 0.29) is 11.3 Å². The summed E-state index contributed by atoms with van der Waals surface area (Å²) in [7, 11) is 0. The average Bonchev–Trinajstić information content (AvgIpc) is 2.39. The van der Waals surface area contributed by atoms with Gasteiger partial charge in [0, 0.05) is 14.5 Å². The summed E-state index contributed by atoms with van der Waals surface area (Å²) in [6, 6.07) is 10.4. The zero-order chi connectivity index (χ0) is 15.6. The van der Waals surface area contributed by atoms with Crippen molar-refractivity contribution >= 4 is 31.9 Å². The number of para-hydroxylation sites is 1. The smallest absolute Gasteiger partial charge is 0.405 e. The minimum atomic E-state index is -4.76. The fraction of sp³-hybridized carbons (Fsp3) is 0.143. The molecule has 2 N–H and O–H groups in total. The zero-order valence-electron chi connectivity index (χ0n) is 10.5. The highest BCUT2D eigenvalue weighted by atomic mass is 79.9. The second kappa shape index (κ2) is 6.37. The lowest BCUT2D eigenvalue weighted by Gasteiger charge is -2.19. The summed E-state index contributed by atoms with van der Waals surface area (Å²) in [6.07, 6.45) is -4.76. The lowest BCUT2D eigenvalue weighted by molar-refractivity contribution is -0.274. The molecular weight excluding hydrogens is 415 g/mol. The van der Waals surface area contributed by atoms with E-state index in [4.69, 9.17) is 5.73 Å². The molecule has 0 bridgehead atoms. The second-order valence-electron chi connectivity index (χ2n) is 4.23. The molecule has 0 spiro atoms. The average molecular weight is 425 g/mol. The Balaban J connectivity index is 2.44. The molecule has 21 heavy (non-hydrogen) atoms. The first kappa shape index (κ1) is 16.3. The van der Waals surface area contributed by atoms with E-state index < -0.39 is 12.4 Å². The van der Waals surface area contributed by atoms with Crippen molar-refractivity contribution in [3.05, 3.63) is 62.5 Å². The molecule has 2 aromatic rings. The predicted molar refractivity (Wildman–Crippen MR) is 81.0 cm³/mol. The fourth-order valence-corrected chi connectivity index (χ4v) is 2.75. The molecule has 0 radical (unpaired) electrons. The number of rotatable bonds is 3. The van der Waals surface area contributed by atoms with Gasteiger partial charge in [0.1, 0.15) is 5.75 Å². The van der Waals surface area contributed by atoms with Crippen molar-refractivity contribution in [3.63, 3.8) is 0 Å². The number of benzene rings is 2. The van der Waals surface area contributed by atoms with Gasteiger partial charge in [0.25, 0.3) is 0 Å². The Morgan fingerprint density at radius 1 is 1.00 bits per heavy atom. The SMILES string of the molecule is NC(c1cc(Br)ccc1Br)c1ccccc1OC(F)(F)F. The van der Waals surface area contributed by atoms with Crippen molar-refractivity contribution in [2.45, 2.75) is 12.4 Å². The second-order valence-corrected chi connectivity index (χ2v) is 6.00. The molecule has 0 saturated carbocycles. The number of hydrogen-bond acceptors (Lipinski definition) is 2. The standard InChI is InChI=1S/C14H10Br2F3NO/c15-8-5-6-11(16)10(7-8)13(20)9-3-1-2-4-12(9)21-14(17,18)19/h1-7,13H,20H2. The van der Waals surface area contributed by atoms with E-state index in [1.807, 2.05) is 0 Å². The maximum Gasteiger partial charge on any atom is 0.573 e. The summed E-state index contributed by atoms with van der Waals surface area (Å²) in [5.74, 6) is -0.302. The van der Waals surface area contributed by atoms with Crippen molar-refractivity contribution < 1.29 is 17.9 Å². The highest BCUT2D eigenvalue weighted by Crippen LogP contribution is 2.35. The van der Waals surface area contributed by atoms with Crippen LogP contribution in [0.3, 0.4) is 0 Å². The molecule has 2 rings (SSSR count). The van der Waals surface area contributed by atoms with Gasteiger partial charge in [-0.3, -0.25) is 0 Å². The first-order valence-electron chi connectivity index (χ1n) is 5.83. The predicted octanol–water partition coefficient (Wildman–Crippen LogP) is 5.16. The summed E-state index contributed by atoms with van der Waals surface area (Å²) in [5, 5.41) is 0. The van der Waals surface area contributed by atoms with E-state index in [1.165, 1.54) is 18.2 Å². The van der Waals surface area contributed by atoms with Crippen LogP contribution in [-0.2, 0) is 0 Å². The molecule has 112 valence electrons. The Bertz CT molecular complexity index is 646. The van der Waals surface area contributed by atoms with Crippen LogP contribution in [0.4, 0.5) is 13.2 Å². The van der Waals surface area contributed by atoms with Crippen molar-refractivity contribution in [1.82, 2.24) is 0 Å². The highest BCUT2D eigenvalue weighted by Gasteiger charge is 2.32. The van der Waals surface area contributed by atoms with Gasteiger partial charge in [0.15, 0.2) is 0 Å². The Labute approximate surface area is 136 Å². The lowest BCUT2D eigenvalue weighted by atomic mass is 9.99. The van der Waals surface area contributed by atoms with Crippen LogP contribution in [0.2, 0.25) is 0 Å². The van der Waals surface area contributed by atoms with Crippen LogP contribution in [0.1, 0.15) is 17.2 Å². The number of alkyl halides is 3. The maximum absolute atomic E-state index is 12.5. The monoisotopic (exact) mass is 423 g/mol. The number of nitrogens with two attached hydrogens (primary N) is 1. The number of ether oxygens (including phenoxy) is 1. The molecule has 0 fully saturated rings. The summed E-state index contributed by atoms with van der Waals surface area (Å²) in [4.78, 5) is 0. The van der Waals surface area contributed by atoms with Crippen molar-refractivity contribution in [2.24, 2.45) is 5.73 Å². The first-order chi connectivity index (χ1) is 9.78. The van der Waals surface area contributed by atoms with Gasteiger partial charge < -0.3 is 10.5 Å². The molecule has 1 atom stereocenters. The van der Waals surface area contributed by atoms with Gasteiger partial charge in [-0.15, -0.1) is 13.2 Å². The quantitative estimate of drug-likeness (QED) is 0.738. The molecule has 0 amide bonds. The Morgan fingerprint density at radius 2 is 1.67 bits per heavy atom. The molecule has 0 aliphatic carbocycles.